The number of nitrogen functional groups attached to an aromatic ring is 1. The Kier molecular flexibility index (Phi) is 4.67. The molecule has 0 heterocycles. The average molecular weight is 237 g/mol. The summed E-state index contributed by atoms with van der Waals surface area (Å²) in [6.07, 6.45) is 0.288. The van der Waals surface area contributed by atoms with Crippen LogP contribution in [-0.2, 0) is 0 Å². The molecule has 0 aliphatic heterocycles. The third-order valence-corrected chi connectivity index (χ3v) is 2.53. The summed E-state index contributed by atoms with van der Waals surface area (Å²) in [4.78, 5) is 0. The Morgan fingerprint density at radius 1 is 0.882 bits per heavy atom. The maximum atomic E-state index is 5.83. The van der Waals surface area contributed by atoms with Crippen LogP contribution in [0.25, 0.3) is 0 Å². The van der Waals surface area contributed by atoms with E-state index in [1.165, 1.54) is 0 Å². The minimum absolute atomic E-state index is 0.132. The molecule has 1 atom stereocenters. The number of ether oxygens (including phenoxy) is 2. The number of benzene rings is 1. The molecular formula is C14H23NO2. The molecule has 3 heteroatoms. The van der Waals surface area contributed by atoms with E-state index >= 15 is 0 Å². The van der Waals surface area contributed by atoms with Crippen LogP contribution in [0.4, 0.5) is 5.69 Å². The van der Waals surface area contributed by atoms with Crippen LogP contribution in [0.1, 0.15) is 34.6 Å². The number of hydrogen-bond acceptors (Lipinski definition) is 3. The van der Waals surface area contributed by atoms with E-state index in [1.54, 1.807) is 0 Å². The van der Waals surface area contributed by atoms with E-state index in [0.717, 1.165) is 11.5 Å². The van der Waals surface area contributed by atoms with E-state index in [4.69, 9.17) is 15.2 Å². The van der Waals surface area contributed by atoms with E-state index in [2.05, 4.69) is 20.8 Å². The highest BCUT2D eigenvalue weighted by Crippen LogP contribution is 2.26. The van der Waals surface area contributed by atoms with E-state index in [0.29, 0.717) is 11.6 Å². The standard InChI is InChI=1S/C14H23NO2/c1-9(2)11(5)17-14-7-12(15)6-13(8-14)16-10(3)4/h6-11H,15H2,1-5H3. The van der Waals surface area contributed by atoms with Gasteiger partial charge in [0.25, 0.3) is 0 Å². The maximum Gasteiger partial charge on any atom is 0.125 e. The molecule has 1 aromatic carbocycles. The van der Waals surface area contributed by atoms with Crippen LogP contribution in [0.2, 0.25) is 0 Å². The summed E-state index contributed by atoms with van der Waals surface area (Å²) >= 11 is 0. The lowest BCUT2D eigenvalue weighted by Gasteiger charge is -2.19. The smallest absolute Gasteiger partial charge is 0.125 e. The Morgan fingerprint density at radius 3 is 1.88 bits per heavy atom. The first-order valence-corrected chi connectivity index (χ1v) is 6.12. The van der Waals surface area contributed by atoms with Crippen LogP contribution in [0.15, 0.2) is 18.2 Å². The van der Waals surface area contributed by atoms with Gasteiger partial charge in [0, 0.05) is 23.9 Å². The van der Waals surface area contributed by atoms with E-state index in [9.17, 15) is 0 Å². The van der Waals surface area contributed by atoms with Crippen LogP contribution < -0.4 is 15.2 Å². The third kappa shape index (κ3) is 4.55. The molecule has 0 fully saturated rings. The monoisotopic (exact) mass is 237 g/mol. The first kappa shape index (κ1) is 13.7. The van der Waals surface area contributed by atoms with Gasteiger partial charge < -0.3 is 15.2 Å². The minimum atomic E-state index is 0.132. The quantitative estimate of drug-likeness (QED) is 0.797. The van der Waals surface area contributed by atoms with E-state index in [-0.39, 0.29) is 12.2 Å². The number of rotatable bonds is 5. The zero-order valence-electron chi connectivity index (χ0n) is 11.4. The molecule has 17 heavy (non-hydrogen) atoms. The van der Waals surface area contributed by atoms with Gasteiger partial charge in [-0.25, -0.2) is 0 Å². The molecule has 1 aromatic rings. The second-order valence-electron chi connectivity index (χ2n) is 4.97. The van der Waals surface area contributed by atoms with Crippen molar-refractivity contribution >= 4 is 5.69 Å². The van der Waals surface area contributed by atoms with Crippen LogP contribution in [-0.4, -0.2) is 12.2 Å². The molecular weight excluding hydrogens is 214 g/mol. The number of anilines is 1. The summed E-state index contributed by atoms with van der Waals surface area (Å²) in [6, 6.07) is 5.52. The molecule has 3 nitrogen and oxygen atoms in total. The van der Waals surface area contributed by atoms with Crippen molar-refractivity contribution in [1.82, 2.24) is 0 Å². The minimum Gasteiger partial charge on any atom is -0.491 e. The van der Waals surface area contributed by atoms with Gasteiger partial charge >= 0.3 is 0 Å². The molecule has 1 rings (SSSR count). The molecule has 0 aliphatic rings. The van der Waals surface area contributed by atoms with Crippen molar-refractivity contribution in [3.05, 3.63) is 18.2 Å². The SMILES string of the molecule is CC(C)Oc1cc(N)cc(OC(C)C(C)C)c1. The van der Waals surface area contributed by atoms with Crippen molar-refractivity contribution in [1.29, 1.82) is 0 Å². The van der Waals surface area contributed by atoms with Crippen molar-refractivity contribution in [3.8, 4) is 11.5 Å². The van der Waals surface area contributed by atoms with Gasteiger partial charge in [0.05, 0.1) is 12.2 Å². The second-order valence-corrected chi connectivity index (χ2v) is 4.97. The highest BCUT2D eigenvalue weighted by Gasteiger charge is 2.10. The van der Waals surface area contributed by atoms with Crippen molar-refractivity contribution < 1.29 is 9.47 Å². The van der Waals surface area contributed by atoms with Gasteiger partial charge in [-0.1, -0.05) is 13.8 Å². The zero-order chi connectivity index (χ0) is 13.0. The van der Waals surface area contributed by atoms with Crippen molar-refractivity contribution in [2.24, 2.45) is 5.92 Å². The number of nitrogens with two attached hydrogens (primary N) is 1. The lowest BCUT2D eigenvalue weighted by atomic mass is 10.1. The molecule has 0 aliphatic carbocycles. The predicted octanol–water partition coefficient (Wildman–Crippen LogP) is 3.48. The Labute approximate surface area is 104 Å². The topological polar surface area (TPSA) is 44.5 Å². The summed E-state index contributed by atoms with van der Waals surface area (Å²) < 4.78 is 11.4. The van der Waals surface area contributed by atoms with E-state index < -0.39 is 0 Å². The van der Waals surface area contributed by atoms with Gasteiger partial charge in [0.1, 0.15) is 11.5 Å². The summed E-state index contributed by atoms with van der Waals surface area (Å²) in [5.41, 5.74) is 6.49. The van der Waals surface area contributed by atoms with Crippen molar-refractivity contribution in [3.63, 3.8) is 0 Å². The molecule has 0 amide bonds. The second kappa shape index (κ2) is 5.80. The highest BCUT2D eigenvalue weighted by molar-refractivity contribution is 5.50. The number of hydrogen-bond donors (Lipinski definition) is 1. The fraction of sp³-hybridized carbons (Fsp3) is 0.571. The maximum absolute atomic E-state index is 5.83. The van der Waals surface area contributed by atoms with Crippen LogP contribution >= 0.6 is 0 Å². The zero-order valence-corrected chi connectivity index (χ0v) is 11.4. The van der Waals surface area contributed by atoms with Crippen LogP contribution in [0.5, 0.6) is 11.5 Å². The Morgan fingerprint density at radius 2 is 1.41 bits per heavy atom. The van der Waals surface area contributed by atoms with Gasteiger partial charge in [-0.05, 0) is 26.7 Å². The predicted molar refractivity (Wildman–Crippen MR) is 71.5 cm³/mol. The average Bonchev–Trinajstić information content (AvgIpc) is 2.14. The van der Waals surface area contributed by atoms with Crippen molar-refractivity contribution in [2.75, 3.05) is 5.73 Å². The molecule has 0 saturated carbocycles. The lowest BCUT2D eigenvalue weighted by Crippen LogP contribution is -2.18. The summed E-state index contributed by atoms with van der Waals surface area (Å²) in [5, 5.41) is 0. The molecule has 0 spiro atoms. The summed E-state index contributed by atoms with van der Waals surface area (Å²) in [6.45, 7) is 10.3. The largest absolute Gasteiger partial charge is 0.491 e. The first-order chi connectivity index (χ1) is 7.88. The van der Waals surface area contributed by atoms with E-state index in [1.807, 2.05) is 32.0 Å². The molecule has 2 N–H and O–H groups in total. The molecule has 1 unspecified atom stereocenters. The van der Waals surface area contributed by atoms with Gasteiger partial charge in [0.2, 0.25) is 0 Å². The van der Waals surface area contributed by atoms with Crippen LogP contribution in [0.3, 0.4) is 0 Å². The van der Waals surface area contributed by atoms with Gasteiger partial charge in [-0.3, -0.25) is 0 Å². The van der Waals surface area contributed by atoms with Gasteiger partial charge in [-0.2, -0.15) is 0 Å². The molecule has 0 saturated heterocycles. The molecule has 0 radical (unpaired) electrons. The lowest BCUT2D eigenvalue weighted by molar-refractivity contribution is 0.169. The fourth-order valence-electron chi connectivity index (χ4n) is 1.35. The summed E-state index contributed by atoms with van der Waals surface area (Å²) in [5.74, 6) is 1.98. The molecule has 0 aromatic heterocycles. The Bertz CT molecular complexity index is 361. The van der Waals surface area contributed by atoms with Crippen LogP contribution in [0, 0.1) is 5.92 Å². The fourth-order valence-corrected chi connectivity index (χ4v) is 1.35. The van der Waals surface area contributed by atoms with Gasteiger partial charge in [-0.15, -0.1) is 0 Å². The molecule has 96 valence electrons. The summed E-state index contributed by atoms with van der Waals surface area (Å²) in [7, 11) is 0. The Balaban J connectivity index is 2.82. The van der Waals surface area contributed by atoms with Crippen molar-refractivity contribution in [2.45, 2.75) is 46.8 Å². The molecule has 0 bridgehead atoms. The highest BCUT2D eigenvalue weighted by atomic mass is 16.5. The first-order valence-electron chi connectivity index (χ1n) is 6.12. The normalized spacial score (nSPS) is 12.9. The third-order valence-electron chi connectivity index (χ3n) is 2.53. The Hall–Kier alpha value is -1.38. The van der Waals surface area contributed by atoms with Gasteiger partial charge in [0.15, 0.2) is 0 Å².